The number of Topliss-reactive ketones (excluding diaryl/α,β-unsaturated/α-hetero) is 1. The average Bonchev–Trinajstić information content (AvgIpc) is 2.60. The molecule has 0 amide bonds. The van der Waals surface area contributed by atoms with Crippen molar-refractivity contribution in [3.8, 4) is 5.75 Å². The molecule has 4 nitrogen and oxygen atoms in total. The number of aliphatic hydroxyl groups excluding tert-OH is 1. The van der Waals surface area contributed by atoms with E-state index in [0.717, 1.165) is 0 Å². The van der Waals surface area contributed by atoms with Gasteiger partial charge in [-0.25, -0.2) is 0 Å². The predicted octanol–water partition coefficient (Wildman–Crippen LogP) is 4.01. The number of hydrogen-bond acceptors (Lipinski definition) is 4. The van der Waals surface area contributed by atoms with Crippen molar-refractivity contribution in [2.45, 2.75) is 39.8 Å². The number of benzene rings is 2. The lowest BCUT2D eigenvalue weighted by Crippen LogP contribution is -2.39. The number of aliphatic hydroxyl groups is 1. The Balaban J connectivity index is 1.88. The van der Waals surface area contributed by atoms with Crippen molar-refractivity contribution in [1.82, 2.24) is 5.32 Å². The molecule has 26 heavy (non-hydrogen) atoms. The van der Waals surface area contributed by atoms with Gasteiger partial charge in [0, 0.05) is 18.2 Å². The molecule has 0 saturated heterocycles. The van der Waals surface area contributed by atoms with E-state index in [2.05, 4.69) is 38.2 Å². The summed E-state index contributed by atoms with van der Waals surface area (Å²) in [6.45, 7) is 8.69. The van der Waals surface area contributed by atoms with E-state index in [1.165, 1.54) is 12.5 Å². The normalized spacial score (nSPS) is 13.9. The third-order valence-electron chi connectivity index (χ3n) is 4.26. The minimum atomic E-state index is -0.629. The summed E-state index contributed by atoms with van der Waals surface area (Å²) < 4.78 is 5.62. The molecule has 2 unspecified atom stereocenters. The molecule has 0 aliphatic heterocycles. The van der Waals surface area contributed by atoms with Crippen LogP contribution in [0.3, 0.4) is 0 Å². The second-order valence-corrected chi connectivity index (χ2v) is 7.66. The first kappa shape index (κ1) is 20.1. The van der Waals surface area contributed by atoms with Crippen LogP contribution in [0.5, 0.6) is 5.75 Å². The minimum Gasteiger partial charge on any atom is -0.491 e. The zero-order chi connectivity index (χ0) is 19.2. The first-order valence-electron chi connectivity index (χ1n) is 8.97. The first-order chi connectivity index (χ1) is 12.3. The van der Waals surface area contributed by atoms with Crippen LogP contribution in [0.4, 0.5) is 0 Å². The summed E-state index contributed by atoms with van der Waals surface area (Å²) in [5.74, 6) is 0.666. The van der Waals surface area contributed by atoms with Crippen LogP contribution >= 0.6 is 0 Å². The van der Waals surface area contributed by atoms with Gasteiger partial charge in [-0.1, -0.05) is 51.1 Å². The lowest BCUT2D eigenvalue weighted by molar-refractivity contribution is 0.0969. The van der Waals surface area contributed by atoms with Gasteiger partial charge in [0.15, 0.2) is 5.78 Å². The Morgan fingerprint density at radius 3 is 2.23 bits per heavy atom. The van der Waals surface area contributed by atoms with Gasteiger partial charge in [0.2, 0.25) is 0 Å². The molecular weight excluding hydrogens is 326 g/mol. The molecule has 0 radical (unpaired) electrons. The highest BCUT2D eigenvalue weighted by Crippen LogP contribution is 2.32. The summed E-state index contributed by atoms with van der Waals surface area (Å²) in [4.78, 5) is 11.3. The topological polar surface area (TPSA) is 58.6 Å². The van der Waals surface area contributed by atoms with Crippen molar-refractivity contribution in [3.63, 3.8) is 0 Å². The van der Waals surface area contributed by atoms with E-state index in [4.69, 9.17) is 4.74 Å². The van der Waals surface area contributed by atoms with E-state index >= 15 is 0 Å². The Morgan fingerprint density at radius 1 is 1.08 bits per heavy atom. The summed E-state index contributed by atoms with van der Waals surface area (Å²) >= 11 is 0. The van der Waals surface area contributed by atoms with Crippen LogP contribution in [0.15, 0.2) is 54.6 Å². The van der Waals surface area contributed by atoms with Crippen LogP contribution in [-0.4, -0.2) is 30.1 Å². The summed E-state index contributed by atoms with van der Waals surface area (Å²) in [5.41, 5.74) is 1.87. The van der Waals surface area contributed by atoms with Gasteiger partial charge < -0.3 is 15.2 Å². The number of ketones is 1. The fraction of sp³-hybridized carbons (Fsp3) is 0.409. The van der Waals surface area contributed by atoms with Gasteiger partial charge >= 0.3 is 0 Å². The van der Waals surface area contributed by atoms with Crippen LogP contribution in [0.25, 0.3) is 0 Å². The number of carbonyl (C=O) groups excluding carboxylic acids is 1. The molecule has 0 bridgehead atoms. The molecule has 4 heteroatoms. The molecule has 2 rings (SSSR count). The molecule has 0 aliphatic carbocycles. The Bertz CT molecular complexity index is 690. The van der Waals surface area contributed by atoms with E-state index < -0.39 is 6.10 Å². The Labute approximate surface area is 156 Å². The molecule has 2 aromatic carbocycles. The first-order valence-corrected chi connectivity index (χ1v) is 8.97. The molecular formula is C22H29NO3. The summed E-state index contributed by atoms with van der Waals surface area (Å²) in [6, 6.07) is 17.3. The standard InChI is InChI=1S/C22H29NO3/c1-16(24)17-10-12-20(13-11-17)26-15-19(25)14-23-21(22(2,3)4)18-8-6-5-7-9-18/h5-13,19,21,23,25H,14-15H2,1-4H3. The van der Waals surface area contributed by atoms with Gasteiger partial charge in [-0.05, 0) is 42.2 Å². The zero-order valence-corrected chi connectivity index (χ0v) is 16.0. The maximum atomic E-state index is 11.3. The van der Waals surface area contributed by atoms with Crippen molar-refractivity contribution < 1.29 is 14.6 Å². The monoisotopic (exact) mass is 355 g/mol. The lowest BCUT2D eigenvalue weighted by atomic mass is 9.82. The van der Waals surface area contributed by atoms with Crippen LogP contribution in [0.2, 0.25) is 0 Å². The molecule has 2 aromatic rings. The molecule has 0 saturated carbocycles. The molecule has 0 aliphatic rings. The predicted molar refractivity (Wildman–Crippen MR) is 105 cm³/mol. The van der Waals surface area contributed by atoms with Crippen molar-refractivity contribution in [2.24, 2.45) is 5.41 Å². The number of rotatable bonds is 8. The number of carbonyl (C=O) groups is 1. The van der Waals surface area contributed by atoms with E-state index in [-0.39, 0.29) is 23.8 Å². The molecule has 140 valence electrons. The third kappa shape index (κ3) is 5.97. The minimum absolute atomic E-state index is 0.0183. The quantitative estimate of drug-likeness (QED) is 0.703. The lowest BCUT2D eigenvalue weighted by Gasteiger charge is -2.33. The van der Waals surface area contributed by atoms with Gasteiger partial charge in [-0.3, -0.25) is 4.79 Å². The summed E-state index contributed by atoms with van der Waals surface area (Å²) in [6.07, 6.45) is -0.629. The maximum absolute atomic E-state index is 11.3. The highest BCUT2D eigenvalue weighted by atomic mass is 16.5. The number of nitrogens with one attached hydrogen (secondary N) is 1. The fourth-order valence-electron chi connectivity index (χ4n) is 2.86. The molecule has 0 spiro atoms. The average molecular weight is 355 g/mol. The van der Waals surface area contributed by atoms with Crippen LogP contribution in [0, 0.1) is 5.41 Å². The molecule has 0 fully saturated rings. The Morgan fingerprint density at radius 2 is 1.69 bits per heavy atom. The molecule has 2 atom stereocenters. The van der Waals surface area contributed by atoms with Crippen molar-refractivity contribution in [3.05, 3.63) is 65.7 Å². The maximum Gasteiger partial charge on any atom is 0.159 e. The smallest absolute Gasteiger partial charge is 0.159 e. The zero-order valence-electron chi connectivity index (χ0n) is 16.0. The third-order valence-corrected chi connectivity index (χ3v) is 4.26. The van der Waals surface area contributed by atoms with Crippen molar-refractivity contribution in [1.29, 1.82) is 0 Å². The SMILES string of the molecule is CC(=O)c1ccc(OCC(O)CNC(c2ccccc2)C(C)(C)C)cc1. The highest BCUT2D eigenvalue weighted by Gasteiger charge is 2.26. The molecule has 2 N–H and O–H groups in total. The van der Waals surface area contributed by atoms with E-state index in [1.54, 1.807) is 24.3 Å². The summed E-state index contributed by atoms with van der Waals surface area (Å²) in [5, 5.41) is 13.7. The number of ether oxygens (including phenoxy) is 1. The van der Waals surface area contributed by atoms with Crippen LogP contribution in [0.1, 0.15) is 49.7 Å². The Kier molecular flexibility index (Phi) is 6.95. The van der Waals surface area contributed by atoms with E-state index in [1.807, 2.05) is 18.2 Å². The summed E-state index contributed by atoms with van der Waals surface area (Å²) in [7, 11) is 0. The van der Waals surface area contributed by atoms with Crippen LogP contribution < -0.4 is 10.1 Å². The molecule has 0 aromatic heterocycles. The van der Waals surface area contributed by atoms with Gasteiger partial charge in [0.05, 0.1) is 0 Å². The van der Waals surface area contributed by atoms with Crippen molar-refractivity contribution in [2.75, 3.05) is 13.2 Å². The second-order valence-electron chi connectivity index (χ2n) is 7.66. The number of hydrogen-bond donors (Lipinski definition) is 2. The van der Waals surface area contributed by atoms with Gasteiger partial charge in [-0.15, -0.1) is 0 Å². The van der Waals surface area contributed by atoms with Gasteiger partial charge in [-0.2, -0.15) is 0 Å². The second kappa shape index (κ2) is 8.97. The van der Waals surface area contributed by atoms with E-state index in [0.29, 0.717) is 17.9 Å². The van der Waals surface area contributed by atoms with Crippen molar-refractivity contribution >= 4 is 5.78 Å². The van der Waals surface area contributed by atoms with Crippen LogP contribution in [-0.2, 0) is 0 Å². The van der Waals surface area contributed by atoms with Gasteiger partial charge in [0.1, 0.15) is 18.5 Å². The van der Waals surface area contributed by atoms with Gasteiger partial charge in [0.25, 0.3) is 0 Å². The molecule has 0 heterocycles. The Hall–Kier alpha value is -2.17. The highest BCUT2D eigenvalue weighted by molar-refractivity contribution is 5.94. The van der Waals surface area contributed by atoms with E-state index in [9.17, 15) is 9.90 Å². The fourth-order valence-corrected chi connectivity index (χ4v) is 2.86. The largest absolute Gasteiger partial charge is 0.491 e.